The van der Waals surface area contributed by atoms with Crippen LogP contribution in [0.25, 0.3) is 0 Å². The van der Waals surface area contributed by atoms with Crippen LogP contribution < -0.4 is 10.0 Å². The van der Waals surface area contributed by atoms with Gasteiger partial charge in [-0.1, -0.05) is 17.7 Å². The van der Waals surface area contributed by atoms with Crippen molar-refractivity contribution in [2.24, 2.45) is 0 Å². The van der Waals surface area contributed by atoms with E-state index in [1.165, 1.54) is 25.3 Å². The van der Waals surface area contributed by atoms with E-state index in [0.717, 1.165) is 0 Å². The van der Waals surface area contributed by atoms with Crippen molar-refractivity contribution in [1.29, 1.82) is 0 Å². The predicted molar refractivity (Wildman–Crippen MR) is 85.5 cm³/mol. The van der Waals surface area contributed by atoms with E-state index in [2.05, 4.69) is 15.0 Å². The van der Waals surface area contributed by atoms with Gasteiger partial charge in [0, 0.05) is 18.8 Å². The first-order valence-electron chi connectivity index (χ1n) is 6.30. The summed E-state index contributed by atoms with van der Waals surface area (Å²) in [6, 6.07) is 7.84. The van der Waals surface area contributed by atoms with Crippen molar-refractivity contribution in [3.05, 3.63) is 47.2 Å². The molecular weight excluding hydrogens is 326 g/mol. The van der Waals surface area contributed by atoms with Crippen molar-refractivity contribution in [3.63, 3.8) is 0 Å². The Morgan fingerprint density at radius 3 is 2.55 bits per heavy atom. The molecule has 0 bridgehead atoms. The number of carbonyl (C=O) groups excluding carboxylic acids is 1. The normalized spacial score (nSPS) is 11.0. The molecule has 1 aromatic carbocycles. The number of nitrogens with zero attached hydrogens (tertiary/aromatic N) is 1. The fraction of sp³-hybridized carbons (Fsp3) is 0.143. The molecule has 2 rings (SSSR count). The third-order valence-corrected chi connectivity index (χ3v) is 4.48. The molecule has 0 unspecified atom stereocenters. The van der Waals surface area contributed by atoms with Gasteiger partial charge in [0.2, 0.25) is 5.91 Å². The van der Waals surface area contributed by atoms with Crippen LogP contribution in [0.15, 0.2) is 41.4 Å². The van der Waals surface area contributed by atoms with Gasteiger partial charge in [-0.25, -0.2) is 13.4 Å². The summed E-state index contributed by atoms with van der Waals surface area (Å²) >= 11 is 5.79. The van der Waals surface area contributed by atoms with Crippen molar-refractivity contribution in [1.82, 2.24) is 4.98 Å². The molecule has 116 valence electrons. The summed E-state index contributed by atoms with van der Waals surface area (Å²) in [6.45, 7) is 3.05. The summed E-state index contributed by atoms with van der Waals surface area (Å²) < 4.78 is 27.1. The first-order valence-corrected chi connectivity index (χ1v) is 8.17. The van der Waals surface area contributed by atoms with E-state index in [1.807, 2.05) is 0 Å². The number of hydrogen-bond donors (Lipinski definition) is 2. The molecule has 0 aliphatic heterocycles. The van der Waals surface area contributed by atoms with E-state index in [1.54, 1.807) is 25.1 Å². The topological polar surface area (TPSA) is 88.2 Å². The smallest absolute Gasteiger partial charge is 0.263 e. The van der Waals surface area contributed by atoms with Crippen molar-refractivity contribution in [3.8, 4) is 0 Å². The largest absolute Gasteiger partial charge is 0.326 e. The average molecular weight is 340 g/mol. The maximum Gasteiger partial charge on any atom is 0.263 e. The molecule has 1 amide bonds. The SMILES string of the molecule is CC(=O)Nc1cccc(NS(=O)(=O)c2cnc(Cl)c(C)c2)c1. The number of amides is 1. The molecule has 0 saturated carbocycles. The molecule has 0 fully saturated rings. The van der Waals surface area contributed by atoms with Gasteiger partial charge in [0.15, 0.2) is 0 Å². The number of hydrogen-bond acceptors (Lipinski definition) is 4. The summed E-state index contributed by atoms with van der Waals surface area (Å²) in [5, 5.41) is 2.84. The molecule has 22 heavy (non-hydrogen) atoms. The third kappa shape index (κ3) is 3.96. The van der Waals surface area contributed by atoms with Gasteiger partial charge in [0.05, 0.1) is 5.69 Å². The Morgan fingerprint density at radius 1 is 1.23 bits per heavy atom. The molecule has 2 aromatic rings. The highest BCUT2D eigenvalue weighted by Gasteiger charge is 2.16. The van der Waals surface area contributed by atoms with E-state index in [9.17, 15) is 13.2 Å². The van der Waals surface area contributed by atoms with Crippen LogP contribution in [0.2, 0.25) is 5.15 Å². The van der Waals surface area contributed by atoms with Crippen LogP contribution in [0.4, 0.5) is 11.4 Å². The molecule has 1 heterocycles. The Labute approximate surface area is 133 Å². The van der Waals surface area contributed by atoms with Crippen molar-refractivity contribution in [2.45, 2.75) is 18.7 Å². The van der Waals surface area contributed by atoms with Crippen LogP contribution >= 0.6 is 11.6 Å². The van der Waals surface area contributed by atoms with Crippen LogP contribution in [-0.2, 0) is 14.8 Å². The monoisotopic (exact) mass is 339 g/mol. The highest BCUT2D eigenvalue weighted by atomic mass is 35.5. The molecule has 0 saturated heterocycles. The maximum atomic E-state index is 12.3. The second-order valence-corrected chi connectivity index (χ2v) is 6.69. The fourth-order valence-electron chi connectivity index (χ4n) is 1.76. The van der Waals surface area contributed by atoms with Crippen LogP contribution in [0.1, 0.15) is 12.5 Å². The van der Waals surface area contributed by atoms with Crippen LogP contribution in [-0.4, -0.2) is 19.3 Å². The molecule has 0 radical (unpaired) electrons. The summed E-state index contributed by atoms with van der Waals surface area (Å²) in [5.41, 5.74) is 1.40. The van der Waals surface area contributed by atoms with Crippen molar-refractivity contribution >= 4 is 38.9 Å². The van der Waals surface area contributed by atoms with Gasteiger partial charge in [0.25, 0.3) is 10.0 Å². The average Bonchev–Trinajstić information content (AvgIpc) is 2.40. The van der Waals surface area contributed by atoms with E-state index in [0.29, 0.717) is 16.9 Å². The van der Waals surface area contributed by atoms with Crippen LogP contribution in [0.3, 0.4) is 0 Å². The van der Waals surface area contributed by atoms with Crippen LogP contribution in [0.5, 0.6) is 0 Å². The number of pyridine rings is 1. The summed E-state index contributed by atoms with van der Waals surface area (Å²) in [7, 11) is -3.78. The van der Waals surface area contributed by atoms with Gasteiger partial charge in [0.1, 0.15) is 10.0 Å². The molecule has 0 spiro atoms. The van der Waals surface area contributed by atoms with Gasteiger partial charge in [-0.05, 0) is 36.8 Å². The highest BCUT2D eigenvalue weighted by molar-refractivity contribution is 7.92. The number of carbonyl (C=O) groups is 1. The number of halogens is 1. The van der Waals surface area contributed by atoms with E-state index >= 15 is 0 Å². The summed E-state index contributed by atoms with van der Waals surface area (Å²) in [4.78, 5) is 14.9. The zero-order valence-electron chi connectivity index (χ0n) is 11.9. The number of anilines is 2. The standard InChI is InChI=1S/C14H14ClN3O3S/c1-9-6-13(8-16-14(9)15)22(20,21)18-12-5-3-4-11(7-12)17-10(2)19/h3-8,18H,1-2H3,(H,17,19). The second-order valence-electron chi connectivity index (χ2n) is 4.65. The third-order valence-electron chi connectivity index (χ3n) is 2.73. The van der Waals surface area contributed by atoms with Gasteiger partial charge < -0.3 is 5.32 Å². The minimum Gasteiger partial charge on any atom is -0.326 e. The lowest BCUT2D eigenvalue weighted by molar-refractivity contribution is -0.114. The van der Waals surface area contributed by atoms with E-state index in [-0.39, 0.29) is 16.0 Å². The maximum absolute atomic E-state index is 12.3. The molecular formula is C14H14ClN3O3S. The second kappa shape index (κ2) is 6.33. The number of sulfonamides is 1. The first-order chi connectivity index (χ1) is 10.3. The lowest BCUT2D eigenvalue weighted by atomic mass is 10.3. The Morgan fingerprint density at radius 2 is 1.91 bits per heavy atom. The molecule has 0 atom stereocenters. The fourth-order valence-corrected chi connectivity index (χ4v) is 2.94. The lowest BCUT2D eigenvalue weighted by Gasteiger charge is -2.10. The Hall–Kier alpha value is -2.12. The number of rotatable bonds is 4. The quantitative estimate of drug-likeness (QED) is 0.838. The molecule has 0 aliphatic carbocycles. The van der Waals surface area contributed by atoms with E-state index in [4.69, 9.17) is 11.6 Å². The Bertz CT molecular complexity index is 822. The molecule has 6 nitrogen and oxygen atoms in total. The zero-order chi connectivity index (χ0) is 16.3. The first kappa shape index (κ1) is 16.3. The predicted octanol–water partition coefficient (Wildman–Crippen LogP) is 2.80. The van der Waals surface area contributed by atoms with Gasteiger partial charge in [-0.2, -0.15) is 0 Å². The molecule has 2 N–H and O–H groups in total. The number of aryl methyl sites for hydroxylation is 1. The number of aromatic nitrogens is 1. The summed E-state index contributed by atoms with van der Waals surface area (Å²) in [5.74, 6) is -0.238. The van der Waals surface area contributed by atoms with Gasteiger partial charge >= 0.3 is 0 Å². The minimum atomic E-state index is -3.78. The van der Waals surface area contributed by atoms with Gasteiger partial charge in [-0.15, -0.1) is 0 Å². The van der Waals surface area contributed by atoms with Crippen molar-refractivity contribution in [2.75, 3.05) is 10.0 Å². The van der Waals surface area contributed by atoms with Gasteiger partial charge in [-0.3, -0.25) is 9.52 Å². The highest BCUT2D eigenvalue weighted by Crippen LogP contribution is 2.21. The Balaban J connectivity index is 2.28. The Kier molecular flexibility index (Phi) is 4.68. The van der Waals surface area contributed by atoms with Crippen molar-refractivity contribution < 1.29 is 13.2 Å². The number of benzene rings is 1. The molecule has 8 heteroatoms. The lowest BCUT2D eigenvalue weighted by Crippen LogP contribution is -2.14. The molecule has 1 aromatic heterocycles. The number of nitrogens with one attached hydrogen (secondary N) is 2. The minimum absolute atomic E-state index is 0.0133. The summed E-state index contributed by atoms with van der Waals surface area (Å²) in [6.07, 6.45) is 1.19. The zero-order valence-corrected chi connectivity index (χ0v) is 13.5. The van der Waals surface area contributed by atoms with Crippen LogP contribution in [0, 0.1) is 6.92 Å². The molecule has 0 aliphatic rings. The van der Waals surface area contributed by atoms with E-state index < -0.39 is 10.0 Å².